The van der Waals surface area contributed by atoms with Crippen LogP contribution in [0, 0.1) is 0 Å². The lowest BCUT2D eigenvalue weighted by molar-refractivity contribution is -0.137. The van der Waals surface area contributed by atoms with Gasteiger partial charge in [-0.25, -0.2) is 9.59 Å². The van der Waals surface area contributed by atoms with Gasteiger partial charge in [0.25, 0.3) is 0 Å². The summed E-state index contributed by atoms with van der Waals surface area (Å²) in [6, 6.07) is 9.32. The minimum atomic E-state index is -0.464. The molecule has 0 amide bonds. The van der Waals surface area contributed by atoms with Gasteiger partial charge in [0.05, 0.1) is 18.1 Å². The highest BCUT2D eigenvalue weighted by Gasteiger charge is 2.20. The number of ether oxygens (including phenoxy) is 2. The number of esters is 2. The van der Waals surface area contributed by atoms with Crippen LogP contribution in [0.1, 0.15) is 19.4 Å². The molecule has 0 unspecified atom stereocenters. The zero-order valence-corrected chi connectivity index (χ0v) is 14.2. The topological polar surface area (TPSA) is 52.6 Å². The largest absolute Gasteiger partial charge is 0.463 e. The van der Waals surface area contributed by atoms with Gasteiger partial charge >= 0.3 is 11.9 Å². The third-order valence-electron chi connectivity index (χ3n) is 2.75. The van der Waals surface area contributed by atoms with Crippen LogP contribution < -0.4 is 0 Å². The molecule has 0 bridgehead atoms. The Balaban J connectivity index is 3.39. The first-order valence-corrected chi connectivity index (χ1v) is 9.11. The Hall–Kier alpha value is -1.88. The molecule has 0 saturated heterocycles. The van der Waals surface area contributed by atoms with Crippen molar-refractivity contribution in [3.8, 4) is 0 Å². The minimum absolute atomic E-state index is 0.288. The third-order valence-corrected chi connectivity index (χ3v) is 3.95. The average Bonchev–Trinajstić information content (AvgIpc) is 2.47. The van der Waals surface area contributed by atoms with Crippen LogP contribution in [0.5, 0.6) is 0 Å². The van der Waals surface area contributed by atoms with E-state index in [0.717, 1.165) is 5.56 Å². The highest BCUT2D eigenvalue weighted by atomic mass is 32.2. The highest BCUT2D eigenvalue weighted by Crippen LogP contribution is 2.23. The van der Waals surface area contributed by atoms with E-state index >= 15 is 0 Å². The molecule has 1 aromatic carbocycles. The van der Waals surface area contributed by atoms with Gasteiger partial charge in [-0.1, -0.05) is 30.3 Å². The van der Waals surface area contributed by atoms with Crippen molar-refractivity contribution >= 4 is 32.9 Å². The summed E-state index contributed by atoms with van der Waals surface area (Å²) in [6.07, 6.45) is 5.22. The number of hydrogen-bond donors (Lipinski definition) is 0. The van der Waals surface area contributed by atoms with Gasteiger partial charge in [0, 0.05) is 11.6 Å². The molecule has 120 valence electrons. The van der Waals surface area contributed by atoms with E-state index in [-0.39, 0.29) is 17.1 Å². The van der Waals surface area contributed by atoms with Gasteiger partial charge in [-0.2, -0.15) is 10.5 Å². The zero-order chi connectivity index (χ0) is 16.5. The van der Waals surface area contributed by atoms with Crippen LogP contribution >= 0.6 is 10.5 Å². The quantitative estimate of drug-likeness (QED) is 0.459. The maximum absolute atomic E-state index is 12.3. The minimum Gasteiger partial charge on any atom is -0.463 e. The molecule has 0 atom stereocenters. The third kappa shape index (κ3) is 5.15. The monoisotopic (exact) mass is 322 g/mol. The molecule has 0 spiro atoms. The highest BCUT2D eigenvalue weighted by molar-refractivity contribution is 8.16. The first-order chi connectivity index (χ1) is 10.5. The van der Waals surface area contributed by atoms with Gasteiger partial charge in [0.2, 0.25) is 0 Å². The molecule has 0 heterocycles. The summed E-state index contributed by atoms with van der Waals surface area (Å²) < 4.78 is 10.1. The van der Waals surface area contributed by atoms with Crippen molar-refractivity contribution < 1.29 is 19.1 Å². The van der Waals surface area contributed by atoms with E-state index < -0.39 is 11.9 Å². The fourth-order valence-electron chi connectivity index (χ4n) is 1.89. The molecule has 0 aliphatic carbocycles. The van der Waals surface area contributed by atoms with E-state index in [1.807, 2.05) is 42.8 Å². The maximum Gasteiger partial charge on any atom is 0.344 e. The van der Waals surface area contributed by atoms with Crippen molar-refractivity contribution in [1.29, 1.82) is 0 Å². The van der Waals surface area contributed by atoms with Gasteiger partial charge in [0.1, 0.15) is 0 Å². The molecule has 4 nitrogen and oxygen atoms in total. The van der Waals surface area contributed by atoms with Crippen LogP contribution in [0.2, 0.25) is 0 Å². The Labute approximate surface area is 134 Å². The van der Waals surface area contributed by atoms with E-state index in [1.165, 1.54) is 6.08 Å². The van der Waals surface area contributed by atoms with E-state index in [1.54, 1.807) is 13.8 Å². The second-order valence-corrected chi connectivity index (χ2v) is 6.58. The maximum atomic E-state index is 12.3. The molecule has 0 radical (unpaired) electrons. The van der Waals surface area contributed by atoms with Crippen molar-refractivity contribution in [2.45, 2.75) is 13.8 Å². The van der Waals surface area contributed by atoms with Crippen LogP contribution in [0.15, 0.2) is 36.4 Å². The molecule has 0 fully saturated rings. The smallest absolute Gasteiger partial charge is 0.344 e. The van der Waals surface area contributed by atoms with Crippen molar-refractivity contribution in [3.05, 3.63) is 42.0 Å². The first-order valence-electron chi connectivity index (χ1n) is 7.07. The van der Waals surface area contributed by atoms with Crippen LogP contribution in [0.3, 0.4) is 0 Å². The predicted octanol–water partition coefficient (Wildman–Crippen LogP) is 2.90. The summed E-state index contributed by atoms with van der Waals surface area (Å²) >= 11 is 0. The van der Waals surface area contributed by atoms with E-state index in [9.17, 15) is 9.59 Å². The number of carbonyl (C=O) groups is 2. The van der Waals surface area contributed by atoms with Gasteiger partial charge < -0.3 is 9.47 Å². The molecule has 1 rings (SSSR count). The Morgan fingerprint density at radius 1 is 1.05 bits per heavy atom. The standard InChI is InChI=1S/C17H22O4S/c1-5-20-15(18)12-14(13-10-8-7-9-11-13)16(22(3)4)17(19)21-6-2/h7-12H,5-6H2,1-4H3/b14-12+. The molecule has 0 N–H and O–H groups in total. The van der Waals surface area contributed by atoms with Crippen LogP contribution in [0.25, 0.3) is 5.57 Å². The molecule has 5 heteroatoms. The Morgan fingerprint density at radius 3 is 2.14 bits per heavy atom. The Kier molecular flexibility index (Phi) is 7.60. The van der Waals surface area contributed by atoms with Crippen LogP contribution in [0.4, 0.5) is 0 Å². The molecule has 0 aliphatic heterocycles. The molecular formula is C17H22O4S. The summed E-state index contributed by atoms with van der Waals surface area (Å²) in [5.74, 6) is -0.858. The predicted molar refractivity (Wildman–Crippen MR) is 92.1 cm³/mol. The van der Waals surface area contributed by atoms with Gasteiger partial charge in [-0.05, 0) is 31.9 Å². The lowest BCUT2D eigenvalue weighted by Crippen LogP contribution is -2.20. The molecule has 22 heavy (non-hydrogen) atoms. The molecule has 1 aromatic rings. The van der Waals surface area contributed by atoms with Gasteiger partial charge in [-0.3, -0.25) is 0 Å². The number of benzene rings is 1. The molecule has 0 aromatic heterocycles. The molecule has 0 aliphatic rings. The van der Waals surface area contributed by atoms with Crippen molar-refractivity contribution in [1.82, 2.24) is 0 Å². The van der Waals surface area contributed by atoms with E-state index in [4.69, 9.17) is 9.47 Å². The second kappa shape index (κ2) is 9.20. The van der Waals surface area contributed by atoms with Crippen molar-refractivity contribution in [2.24, 2.45) is 0 Å². The zero-order valence-electron chi connectivity index (χ0n) is 13.4. The first kappa shape index (κ1) is 18.2. The fraction of sp³-hybridized carbons (Fsp3) is 0.353. The number of rotatable bonds is 6. The fourth-order valence-corrected chi connectivity index (χ4v) is 2.90. The average molecular weight is 322 g/mol. The summed E-state index contributed by atoms with van der Waals surface area (Å²) in [7, 11) is -0.370. The van der Waals surface area contributed by atoms with Gasteiger partial charge in [0.15, 0.2) is 0 Å². The summed E-state index contributed by atoms with van der Waals surface area (Å²) in [5, 5.41) is 0. The van der Waals surface area contributed by atoms with E-state index in [0.29, 0.717) is 17.0 Å². The molecular weight excluding hydrogens is 300 g/mol. The normalized spacial score (nSPS) is 11.2. The number of carbonyl (C=O) groups excluding carboxylic acids is 2. The number of hydrogen-bond acceptors (Lipinski definition) is 4. The van der Waals surface area contributed by atoms with E-state index in [2.05, 4.69) is 0 Å². The summed E-state index contributed by atoms with van der Waals surface area (Å²) in [6.45, 7) is 4.08. The van der Waals surface area contributed by atoms with Crippen LogP contribution in [-0.4, -0.2) is 42.5 Å². The summed E-state index contributed by atoms with van der Waals surface area (Å²) in [4.78, 5) is 24.7. The molecule has 0 saturated carbocycles. The Bertz CT molecular complexity index is 584. The van der Waals surface area contributed by atoms with Gasteiger partial charge in [-0.15, -0.1) is 0 Å². The second-order valence-electron chi connectivity index (χ2n) is 4.54. The lowest BCUT2D eigenvalue weighted by Gasteiger charge is -2.14. The summed E-state index contributed by atoms with van der Waals surface area (Å²) in [5.41, 5.74) is 1.35. The SMILES string of the molecule is CCOC(=O)/C=C(/C(C(=O)OCC)=S(C)C)c1ccccc1. The van der Waals surface area contributed by atoms with Crippen LogP contribution in [-0.2, 0) is 19.1 Å². The lowest BCUT2D eigenvalue weighted by atomic mass is 10.0. The Morgan fingerprint density at radius 2 is 1.64 bits per heavy atom. The van der Waals surface area contributed by atoms with Crippen molar-refractivity contribution in [2.75, 3.05) is 25.7 Å². The van der Waals surface area contributed by atoms with Crippen molar-refractivity contribution in [3.63, 3.8) is 0 Å².